The predicted octanol–water partition coefficient (Wildman–Crippen LogP) is 2.48. The fourth-order valence-corrected chi connectivity index (χ4v) is 3.69. The standard InChI is InChI=1S/C18H20N2O3/c21-15-3-1-2-13(9-15)16-4-5-17(23-16)18(22)19-14-8-12-6-7-20(10-12)11-14/h1-5,9,12,14,21H,6-8,10-11H2,(H,19,22)/t12-,14+/m0/s1. The topological polar surface area (TPSA) is 65.7 Å². The van der Waals surface area contributed by atoms with Gasteiger partial charge in [0.2, 0.25) is 0 Å². The summed E-state index contributed by atoms with van der Waals surface area (Å²) in [5, 5.41) is 12.6. The second-order valence-electron chi connectivity index (χ2n) is 6.53. The maximum Gasteiger partial charge on any atom is 0.287 e. The summed E-state index contributed by atoms with van der Waals surface area (Å²) in [4.78, 5) is 14.8. The summed E-state index contributed by atoms with van der Waals surface area (Å²) in [7, 11) is 0. The van der Waals surface area contributed by atoms with Gasteiger partial charge in [-0.05, 0) is 49.6 Å². The van der Waals surface area contributed by atoms with E-state index in [0.717, 1.165) is 25.1 Å². The molecule has 0 saturated carbocycles. The molecule has 5 nitrogen and oxygen atoms in total. The monoisotopic (exact) mass is 312 g/mol. The van der Waals surface area contributed by atoms with Crippen molar-refractivity contribution >= 4 is 5.91 Å². The molecule has 1 aromatic heterocycles. The zero-order valence-corrected chi connectivity index (χ0v) is 12.9. The molecular formula is C18H20N2O3. The smallest absolute Gasteiger partial charge is 0.287 e. The first-order valence-electron chi connectivity index (χ1n) is 8.10. The minimum atomic E-state index is -0.163. The van der Waals surface area contributed by atoms with Crippen LogP contribution in [0.3, 0.4) is 0 Å². The Kier molecular flexibility index (Phi) is 3.58. The lowest BCUT2D eigenvalue weighted by Gasteiger charge is -2.30. The van der Waals surface area contributed by atoms with Gasteiger partial charge in [-0.15, -0.1) is 0 Å². The molecule has 2 aliphatic rings. The maximum absolute atomic E-state index is 12.4. The molecule has 0 aliphatic carbocycles. The van der Waals surface area contributed by atoms with Crippen molar-refractivity contribution < 1.29 is 14.3 Å². The summed E-state index contributed by atoms with van der Waals surface area (Å²) in [6, 6.07) is 10.5. The highest BCUT2D eigenvalue weighted by Crippen LogP contribution is 2.28. The Labute approximate surface area is 134 Å². The quantitative estimate of drug-likeness (QED) is 0.914. The van der Waals surface area contributed by atoms with Crippen molar-refractivity contribution in [1.29, 1.82) is 0 Å². The number of nitrogens with one attached hydrogen (secondary N) is 1. The van der Waals surface area contributed by atoms with E-state index in [1.807, 2.05) is 6.07 Å². The van der Waals surface area contributed by atoms with Crippen LogP contribution < -0.4 is 5.32 Å². The number of phenolic OH excluding ortho intramolecular Hbond substituents is 1. The lowest BCUT2D eigenvalue weighted by molar-refractivity contribution is 0.0882. The van der Waals surface area contributed by atoms with Crippen molar-refractivity contribution in [3.63, 3.8) is 0 Å². The second kappa shape index (κ2) is 5.74. The molecule has 3 heterocycles. The highest BCUT2D eigenvalue weighted by Gasteiger charge is 2.33. The number of phenols is 1. The third-order valence-electron chi connectivity index (χ3n) is 4.76. The third kappa shape index (κ3) is 2.97. The average molecular weight is 312 g/mol. The fourth-order valence-electron chi connectivity index (χ4n) is 3.69. The summed E-state index contributed by atoms with van der Waals surface area (Å²) in [6.07, 6.45) is 2.30. The Morgan fingerprint density at radius 1 is 1.26 bits per heavy atom. The number of carbonyl (C=O) groups excluding carboxylic acids is 1. The van der Waals surface area contributed by atoms with E-state index in [1.54, 1.807) is 30.3 Å². The summed E-state index contributed by atoms with van der Waals surface area (Å²) in [5.74, 6) is 1.63. The molecule has 0 radical (unpaired) electrons. The number of benzene rings is 1. The average Bonchev–Trinajstić information content (AvgIpc) is 3.14. The Morgan fingerprint density at radius 2 is 2.17 bits per heavy atom. The number of aromatic hydroxyl groups is 1. The van der Waals surface area contributed by atoms with Gasteiger partial charge in [0.05, 0.1) is 0 Å². The van der Waals surface area contributed by atoms with Crippen LogP contribution in [0.5, 0.6) is 5.75 Å². The normalized spacial score (nSPS) is 26.2. The summed E-state index contributed by atoms with van der Waals surface area (Å²) >= 11 is 0. The molecule has 2 N–H and O–H groups in total. The van der Waals surface area contributed by atoms with Gasteiger partial charge in [-0.1, -0.05) is 12.1 Å². The number of piperidine rings is 1. The molecule has 2 saturated heterocycles. The van der Waals surface area contributed by atoms with Crippen LogP contribution in [-0.4, -0.2) is 41.6 Å². The van der Waals surface area contributed by atoms with E-state index in [4.69, 9.17) is 4.42 Å². The molecule has 1 amide bonds. The molecule has 0 spiro atoms. The molecule has 1 unspecified atom stereocenters. The molecule has 120 valence electrons. The molecule has 4 rings (SSSR count). The minimum absolute atomic E-state index is 0.163. The molecular weight excluding hydrogens is 292 g/mol. The SMILES string of the molecule is O=C(N[C@@H]1C[C@@H]2CCN(C2)C1)c1ccc(-c2cccc(O)c2)o1. The second-order valence-corrected chi connectivity index (χ2v) is 6.53. The Hall–Kier alpha value is -2.27. The summed E-state index contributed by atoms with van der Waals surface area (Å²) < 4.78 is 5.66. The van der Waals surface area contributed by atoms with E-state index in [0.29, 0.717) is 17.4 Å². The van der Waals surface area contributed by atoms with Crippen molar-refractivity contribution in [2.45, 2.75) is 18.9 Å². The number of carbonyl (C=O) groups is 1. The van der Waals surface area contributed by atoms with Gasteiger partial charge >= 0.3 is 0 Å². The molecule has 2 aromatic rings. The van der Waals surface area contributed by atoms with Gasteiger partial charge in [-0.3, -0.25) is 4.79 Å². The van der Waals surface area contributed by atoms with Crippen LogP contribution in [0.1, 0.15) is 23.4 Å². The fraction of sp³-hybridized carbons (Fsp3) is 0.389. The van der Waals surface area contributed by atoms with Crippen molar-refractivity contribution in [1.82, 2.24) is 10.2 Å². The molecule has 5 heteroatoms. The molecule has 2 fully saturated rings. The molecule has 2 bridgehead atoms. The first-order chi connectivity index (χ1) is 11.2. The van der Waals surface area contributed by atoms with Gasteiger partial charge < -0.3 is 19.7 Å². The van der Waals surface area contributed by atoms with Gasteiger partial charge in [0, 0.05) is 24.7 Å². The van der Waals surface area contributed by atoms with E-state index in [1.165, 1.54) is 13.0 Å². The molecule has 23 heavy (non-hydrogen) atoms. The van der Waals surface area contributed by atoms with E-state index in [-0.39, 0.29) is 17.7 Å². The summed E-state index contributed by atoms with van der Waals surface area (Å²) in [5.41, 5.74) is 0.755. The zero-order valence-electron chi connectivity index (χ0n) is 12.9. The van der Waals surface area contributed by atoms with E-state index in [9.17, 15) is 9.90 Å². The van der Waals surface area contributed by atoms with E-state index in [2.05, 4.69) is 10.2 Å². The number of hydrogen-bond acceptors (Lipinski definition) is 4. The highest BCUT2D eigenvalue weighted by molar-refractivity contribution is 5.92. The number of nitrogens with zero attached hydrogens (tertiary/aromatic N) is 1. The Balaban J connectivity index is 1.45. The van der Waals surface area contributed by atoms with Crippen LogP contribution in [0.25, 0.3) is 11.3 Å². The van der Waals surface area contributed by atoms with Crippen molar-refractivity contribution in [2.75, 3.05) is 19.6 Å². The number of rotatable bonds is 3. The molecule has 3 atom stereocenters. The van der Waals surface area contributed by atoms with Gasteiger partial charge in [0.15, 0.2) is 5.76 Å². The number of amides is 1. The number of furan rings is 1. The molecule has 1 aromatic carbocycles. The predicted molar refractivity (Wildman–Crippen MR) is 86.2 cm³/mol. The number of hydrogen-bond donors (Lipinski definition) is 2. The van der Waals surface area contributed by atoms with Gasteiger partial charge in [-0.2, -0.15) is 0 Å². The Bertz CT molecular complexity index is 713. The van der Waals surface area contributed by atoms with Gasteiger partial charge in [0.1, 0.15) is 11.5 Å². The largest absolute Gasteiger partial charge is 0.508 e. The van der Waals surface area contributed by atoms with Gasteiger partial charge in [0.25, 0.3) is 5.91 Å². The zero-order chi connectivity index (χ0) is 15.8. The highest BCUT2D eigenvalue weighted by atomic mass is 16.4. The van der Waals surface area contributed by atoms with Crippen LogP contribution in [-0.2, 0) is 0 Å². The third-order valence-corrected chi connectivity index (χ3v) is 4.76. The van der Waals surface area contributed by atoms with Crippen LogP contribution in [0, 0.1) is 5.92 Å². The first kappa shape index (κ1) is 14.3. The van der Waals surface area contributed by atoms with Crippen molar-refractivity contribution in [2.24, 2.45) is 5.92 Å². The lowest BCUT2D eigenvalue weighted by atomic mass is 9.97. The van der Waals surface area contributed by atoms with Crippen LogP contribution >= 0.6 is 0 Å². The van der Waals surface area contributed by atoms with Crippen LogP contribution in [0.15, 0.2) is 40.8 Å². The first-order valence-corrected chi connectivity index (χ1v) is 8.10. The summed E-state index contributed by atoms with van der Waals surface area (Å²) in [6.45, 7) is 3.26. The van der Waals surface area contributed by atoms with Crippen LogP contribution in [0.4, 0.5) is 0 Å². The van der Waals surface area contributed by atoms with E-state index >= 15 is 0 Å². The van der Waals surface area contributed by atoms with Gasteiger partial charge in [-0.25, -0.2) is 0 Å². The van der Waals surface area contributed by atoms with E-state index < -0.39 is 0 Å². The lowest BCUT2D eigenvalue weighted by Crippen LogP contribution is -2.46. The van der Waals surface area contributed by atoms with Crippen molar-refractivity contribution in [3.8, 4) is 17.1 Å². The maximum atomic E-state index is 12.4. The minimum Gasteiger partial charge on any atom is -0.508 e. The number of fused-ring (bicyclic) bond motifs is 2. The molecule has 2 aliphatic heterocycles. The van der Waals surface area contributed by atoms with Crippen LogP contribution in [0.2, 0.25) is 0 Å². The Morgan fingerprint density at radius 3 is 3.00 bits per heavy atom. The van der Waals surface area contributed by atoms with Crippen molar-refractivity contribution in [3.05, 3.63) is 42.2 Å².